The number of allylic oxidation sites excluding steroid dienone is 2. The van der Waals surface area contributed by atoms with Crippen LogP contribution in [0.25, 0.3) is 0 Å². The van der Waals surface area contributed by atoms with Crippen molar-refractivity contribution in [2.24, 2.45) is 0 Å². The first-order valence-corrected chi connectivity index (χ1v) is 4.54. The average molecular weight is 180 g/mol. The van der Waals surface area contributed by atoms with Crippen molar-refractivity contribution in [3.8, 4) is 0 Å². The molecule has 0 aliphatic carbocycles. The zero-order valence-corrected chi connectivity index (χ0v) is 8.83. The van der Waals surface area contributed by atoms with Crippen molar-refractivity contribution in [3.05, 3.63) is 24.7 Å². The van der Waals surface area contributed by atoms with Gasteiger partial charge in [0.15, 0.2) is 0 Å². The summed E-state index contributed by atoms with van der Waals surface area (Å²) in [5, 5.41) is 0. The first-order chi connectivity index (χ1) is 5.89. The van der Waals surface area contributed by atoms with Crippen LogP contribution in [-0.2, 0) is 9.31 Å². The van der Waals surface area contributed by atoms with Crippen LogP contribution in [0.1, 0.15) is 27.7 Å². The normalized spacial score (nSPS) is 25.4. The summed E-state index contributed by atoms with van der Waals surface area (Å²) in [5.74, 6) is 1.86. The van der Waals surface area contributed by atoms with Crippen LogP contribution in [-0.4, -0.2) is 18.3 Å². The lowest BCUT2D eigenvalue weighted by atomic mass is 9.90. The maximum atomic E-state index is 5.71. The van der Waals surface area contributed by atoms with E-state index in [0.29, 0.717) is 0 Å². The molecule has 72 valence electrons. The summed E-state index contributed by atoms with van der Waals surface area (Å²) in [5.41, 5.74) is -0.494. The molecule has 0 aromatic carbocycles. The van der Waals surface area contributed by atoms with Gasteiger partial charge in [-0.15, -0.1) is 0 Å². The van der Waals surface area contributed by atoms with Gasteiger partial charge in [-0.1, -0.05) is 24.7 Å². The lowest BCUT2D eigenvalue weighted by molar-refractivity contribution is 0.00578. The summed E-state index contributed by atoms with van der Waals surface area (Å²) < 4.78 is 11.4. The van der Waals surface area contributed by atoms with E-state index in [-0.39, 0.29) is 18.3 Å². The van der Waals surface area contributed by atoms with Gasteiger partial charge in [-0.25, -0.2) is 0 Å². The molecular formula is C10H17BO2. The summed E-state index contributed by atoms with van der Waals surface area (Å²) >= 11 is 0. The number of rotatable bonds is 2. The van der Waals surface area contributed by atoms with E-state index < -0.39 is 0 Å². The van der Waals surface area contributed by atoms with E-state index in [1.807, 2.05) is 39.7 Å². The molecule has 3 heteroatoms. The van der Waals surface area contributed by atoms with E-state index >= 15 is 0 Å². The minimum atomic E-state index is -0.247. The van der Waals surface area contributed by atoms with Crippen LogP contribution in [0.2, 0.25) is 0 Å². The molecule has 1 rings (SSSR count). The predicted octanol–water partition coefficient (Wildman–Crippen LogP) is 2.36. The van der Waals surface area contributed by atoms with Crippen LogP contribution >= 0.6 is 0 Å². The van der Waals surface area contributed by atoms with Crippen molar-refractivity contribution < 1.29 is 9.31 Å². The molecule has 0 radical (unpaired) electrons. The molecule has 0 aromatic heterocycles. The second kappa shape index (κ2) is 3.31. The fraction of sp³-hybridized carbons (Fsp3) is 0.600. The van der Waals surface area contributed by atoms with Crippen LogP contribution < -0.4 is 0 Å². The highest BCUT2D eigenvalue weighted by atomic mass is 16.7. The van der Waals surface area contributed by atoms with Crippen molar-refractivity contribution in [2.75, 3.05) is 0 Å². The van der Waals surface area contributed by atoms with Gasteiger partial charge in [-0.2, -0.15) is 0 Å². The van der Waals surface area contributed by atoms with Crippen molar-refractivity contribution >= 4 is 7.12 Å². The lowest BCUT2D eigenvalue weighted by Crippen LogP contribution is -2.41. The fourth-order valence-corrected chi connectivity index (χ4v) is 1.14. The van der Waals surface area contributed by atoms with Gasteiger partial charge in [-0.05, 0) is 27.7 Å². The molecular weight excluding hydrogens is 163 g/mol. The Morgan fingerprint density at radius 1 is 1.08 bits per heavy atom. The van der Waals surface area contributed by atoms with Gasteiger partial charge in [0.25, 0.3) is 0 Å². The molecule has 0 bridgehead atoms. The second-order valence-corrected chi connectivity index (χ2v) is 4.25. The van der Waals surface area contributed by atoms with Gasteiger partial charge in [0.2, 0.25) is 0 Å². The van der Waals surface area contributed by atoms with E-state index in [1.165, 1.54) is 0 Å². The molecule has 0 spiro atoms. The van der Waals surface area contributed by atoms with Crippen LogP contribution in [0.15, 0.2) is 24.7 Å². The maximum Gasteiger partial charge on any atom is 0.487 e. The lowest BCUT2D eigenvalue weighted by Gasteiger charge is -2.32. The molecule has 0 N–H and O–H groups in total. The summed E-state index contributed by atoms with van der Waals surface area (Å²) in [6.45, 7) is 11.7. The molecule has 0 amide bonds. The molecule has 0 unspecified atom stereocenters. The number of hydrogen-bond donors (Lipinski definition) is 0. The van der Waals surface area contributed by atoms with E-state index in [9.17, 15) is 0 Å². The highest BCUT2D eigenvalue weighted by molar-refractivity contribution is 6.51. The van der Waals surface area contributed by atoms with Gasteiger partial charge in [0.05, 0.1) is 11.2 Å². The Morgan fingerprint density at radius 2 is 1.54 bits per heavy atom. The molecule has 1 heterocycles. The maximum absolute atomic E-state index is 5.71. The summed E-state index contributed by atoms with van der Waals surface area (Å²) in [6.07, 6.45) is 3.55. The third kappa shape index (κ3) is 2.04. The molecule has 1 saturated heterocycles. The molecule has 1 aliphatic rings. The molecule has 1 fully saturated rings. The molecule has 0 saturated carbocycles. The van der Waals surface area contributed by atoms with Crippen LogP contribution in [0.4, 0.5) is 0 Å². The zero-order valence-electron chi connectivity index (χ0n) is 8.83. The molecule has 0 aromatic rings. The largest absolute Gasteiger partial charge is 0.487 e. The van der Waals surface area contributed by atoms with Crippen molar-refractivity contribution in [1.82, 2.24) is 0 Å². The Kier molecular flexibility index (Phi) is 2.69. The summed E-state index contributed by atoms with van der Waals surface area (Å²) in [6, 6.07) is 0. The van der Waals surface area contributed by atoms with E-state index in [1.54, 1.807) is 6.08 Å². The topological polar surface area (TPSA) is 18.5 Å². The van der Waals surface area contributed by atoms with Crippen LogP contribution in [0.5, 0.6) is 0 Å². The monoisotopic (exact) mass is 180 g/mol. The highest BCUT2D eigenvalue weighted by Gasteiger charge is 2.49. The Labute approximate surface area is 80.8 Å². The van der Waals surface area contributed by atoms with Crippen LogP contribution in [0, 0.1) is 0 Å². The van der Waals surface area contributed by atoms with Gasteiger partial charge in [-0.3, -0.25) is 0 Å². The third-order valence-electron chi connectivity index (χ3n) is 2.68. The Balaban J connectivity index is 2.70. The number of hydrogen-bond acceptors (Lipinski definition) is 2. The smallest absolute Gasteiger partial charge is 0.400 e. The highest BCUT2D eigenvalue weighted by Crippen LogP contribution is 2.36. The van der Waals surface area contributed by atoms with Gasteiger partial charge >= 0.3 is 7.12 Å². The molecule has 13 heavy (non-hydrogen) atoms. The van der Waals surface area contributed by atoms with Gasteiger partial charge < -0.3 is 9.31 Å². The summed E-state index contributed by atoms with van der Waals surface area (Å²) in [4.78, 5) is 0. The summed E-state index contributed by atoms with van der Waals surface area (Å²) in [7, 11) is -0.247. The van der Waals surface area contributed by atoms with Gasteiger partial charge in [0, 0.05) is 0 Å². The van der Waals surface area contributed by atoms with Crippen molar-refractivity contribution in [2.45, 2.75) is 38.9 Å². The molecule has 0 atom stereocenters. The third-order valence-corrected chi connectivity index (χ3v) is 2.68. The van der Waals surface area contributed by atoms with Crippen molar-refractivity contribution in [3.63, 3.8) is 0 Å². The minimum absolute atomic E-state index is 0.247. The van der Waals surface area contributed by atoms with Crippen LogP contribution in [0.3, 0.4) is 0 Å². The Bertz CT molecular complexity index is 215. The average Bonchev–Trinajstić information content (AvgIpc) is 2.17. The SMILES string of the molecule is C=C/C=C\B1OC(C)(C)C(C)(C)O1. The molecule has 2 nitrogen and oxygen atoms in total. The van der Waals surface area contributed by atoms with Gasteiger partial charge in [0.1, 0.15) is 0 Å². The fourth-order valence-electron chi connectivity index (χ4n) is 1.14. The minimum Gasteiger partial charge on any atom is -0.400 e. The Hall–Kier alpha value is -0.535. The standard InChI is InChI=1S/C10H17BO2/c1-6-7-8-11-12-9(2,3)10(4,5)13-11/h6-8H,1H2,2-5H3/b8-7-. The zero-order chi connectivity index (χ0) is 10.1. The first-order valence-electron chi connectivity index (χ1n) is 4.54. The van der Waals surface area contributed by atoms with E-state index in [4.69, 9.17) is 9.31 Å². The first kappa shape index (κ1) is 10.5. The quantitative estimate of drug-likeness (QED) is 0.479. The van der Waals surface area contributed by atoms with E-state index in [2.05, 4.69) is 6.58 Å². The Morgan fingerprint density at radius 3 is 1.92 bits per heavy atom. The predicted molar refractivity (Wildman–Crippen MR) is 55.4 cm³/mol. The second-order valence-electron chi connectivity index (χ2n) is 4.25. The van der Waals surface area contributed by atoms with E-state index in [0.717, 1.165) is 0 Å². The molecule has 1 aliphatic heterocycles. The van der Waals surface area contributed by atoms with Crippen molar-refractivity contribution in [1.29, 1.82) is 0 Å².